The Morgan fingerprint density at radius 2 is 1.80 bits per heavy atom. The van der Waals surface area contributed by atoms with Crippen LogP contribution in [0.5, 0.6) is 5.75 Å². The number of phenols is 1. The monoisotopic (exact) mass is 335 g/mol. The topological polar surface area (TPSA) is 75.6 Å². The highest BCUT2D eigenvalue weighted by Crippen LogP contribution is 2.23. The minimum Gasteiger partial charge on any atom is -0.507 e. The van der Waals surface area contributed by atoms with Crippen LogP contribution in [0.1, 0.15) is 15.9 Å². The number of anilines is 1. The maximum Gasteiger partial charge on any atom is 0.342 e. The van der Waals surface area contributed by atoms with Gasteiger partial charge in [-0.3, -0.25) is 4.79 Å². The summed E-state index contributed by atoms with van der Waals surface area (Å²) in [5, 5.41) is 14.4. The fourth-order valence-electron chi connectivity index (χ4n) is 2.54. The van der Waals surface area contributed by atoms with Gasteiger partial charge in [0.15, 0.2) is 6.61 Å². The van der Waals surface area contributed by atoms with Crippen molar-refractivity contribution < 1.29 is 19.4 Å². The lowest BCUT2D eigenvalue weighted by Gasteiger charge is -2.10. The standard InChI is InChI=1S/C20H17NO4/c1-13-9-10-16(18(22)11-13)20(24)25-12-19(23)21-17-8-4-6-14-5-2-3-7-15(14)17/h2-11,22H,12H2,1H3,(H,21,23). The maximum atomic E-state index is 12.1. The van der Waals surface area contributed by atoms with Crippen molar-refractivity contribution in [3.05, 3.63) is 71.8 Å². The maximum absolute atomic E-state index is 12.1. The molecule has 0 fully saturated rings. The van der Waals surface area contributed by atoms with Crippen LogP contribution in [0.3, 0.4) is 0 Å². The number of ether oxygens (including phenoxy) is 1. The zero-order valence-electron chi connectivity index (χ0n) is 13.7. The van der Waals surface area contributed by atoms with Crippen LogP contribution in [0.4, 0.5) is 5.69 Å². The normalized spacial score (nSPS) is 10.4. The molecule has 5 nitrogen and oxygen atoms in total. The number of benzene rings is 3. The van der Waals surface area contributed by atoms with E-state index < -0.39 is 18.5 Å². The molecule has 1 amide bonds. The Morgan fingerprint density at radius 1 is 1.04 bits per heavy atom. The van der Waals surface area contributed by atoms with Crippen LogP contribution >= 0.6 is 0 Å². The Bertz CT molecular complexity index is 944. The summed E-state index contributed by atoms with van der Waals surface area (Å²) in [6.45, 7) is 1.36. The molecule has 0 heterocycles. The van der Waals surface area contributed by atoms with E-state index >= 15 is 0 Å². The molecule has 0 aliphatic heterocycles. The van der Waals surface area contributed by atoms with Gasteiger partial charge in [0, 0.05) is 11.1 Å². The Kier molecular flexibility index (Phi) is 4.66. The summed E-state index contributed by atoms with van der Waals surface area (Å²) in [7, 11) is 0. The number of phenolic OH excluding ortho intramolecular Hbond substituents is 1. The molecule has 3 rings (SSSR count). The number of nitrogens with one attached hydrogen (secondary N) is 1. The number of aryl methyl sites for hydroxylation is 1. The lowest BCUT2D eigenvalue weighted by atomic mass is 10.1. The Hall–Kier alpha value is -3.34. The van der Waals surface area contributed by atoms with E-state index in [1.165, 1.54) is 12.1 Å². The van der Waals surface area contributed by atoms with Gasteiger partial charge in [-0.15, -0.1) is 0 Å². The molecule has 0 aliphatic carbocycles. The van der Waals surface area contributed by atoms with E-state index in [4.69, 9.17) is 4.74 Å². The molecule has 0 atom stereocenters. The molecule has 0 aromatic heterocycles. The van der Waals surface area contributed by atoms with Crippen LogP contribution in [-0.2, 0) is 9.53 Å². The smallest absolute Gasteiger partial charge is 0.342 e. The van der Waals surface area contributed by atoms with Crippen molar-refractivity contribution in [1.82, 2.24) is 0 Å². The summed E-state index contributed by atoms with van der Waals surface area (Å²) in [6.07, 6.45) is 0. The van der Waals surface area contributed by atoms with Gasteiger partial charge in [0.1, 0.15) is 11.3 Å². The second-order valence-electron chi connectivity index (χ2n) is 5.67. The van der Waals surface area contributed by atoms with E-state index in [1.54, 1.807) is 19.1 Å². The Balaban J connectivity index is 1.65. The van der Waals surface area contributed by atoms with Gasteiger partial charge in [0.05, 0.1) is 0 Å². The second-order valence-corrected chi connectivity index (χ2v) is 5.67. The summed E-state index contributed by atoms with van der Waals surface area (Å²) in [4.78, 5) is 24.1. The summed E-state index contributed by atoms with van der Waals surface area (Å²) in [6, 6.07) is 17.9. The van der Waals surface area contributed by atoms with E-state index in [2.05, 4.69) is 5.32 Å². The number of esters is 1. The van der Waals surface area contributed by atoms with Crippen molar-refractivity contribution >= 4 is 28.3 Å². The largest absolute Gasteiger partial charge is 0.507 e. The molecule has 3 aromatic carbocycles. The van der Waals surface area contributed by atoms with Crippen molar-refractivity contribution in [3.63, 3.8) is 0 Å². The fourth-order valence-corrected chi connectivity index (χ4v) is 2.54. The van der Waals surface area contributed by atoms with Crippen molar-refractivity contribution in [1.29, 1.82) is 0 Å². The van der Waals surface area contributed by atoms with Crippen molar-refractivity contribution in [3.8, 4) is 5.75 Å². The average Bonchev–Trinajstić information content (AvgIpc) is 2.60. The second kappa shape index (κ2) is 7.05. The number of fused-ring (bicyclic) bond motifs is 1. The summed E-state index contributed by atoms with van der Waals surface area (Å²) >= 11 is 0. The molecule has 0 radical (unpaired) electrons. The van der Waals surface area contributed by atoms with Gasteiger partial charge in [-0.05, 0) is 36.1 Å². The number of amides is 1. The van der Waals surface area contributed by atoms with Gasteiger partial charge < -0.3 is 15.2 Å². The van der Waals surface area contributed by atoms with Crippen LogP contribution in [-0.4, -0.2) is 23.6 Å². The first kappa shape index (κ1) is 16.5. The van der Waals surface area contributed by atoms with Crippen molar-refractivity contribution in [2.45, 2.75) is 6.92 Å². The summed E-state index contributed by atoms with van der Waals surface area (Å²) in [5.41, 5.74) is 1.50. The molecule has 2 N–H and O–H groups in total. The Morgan fingerprint density at radius 3 is 2.60 bits per heavy atom. The molecule has 3 aromatic rings. The Labute approximate surface area is 144 Å². The minimum absolute atomic E-state index is 0.0311. The molecular formula is C20H17NO4. The lowest BCUT2D eigenvalue weighted by molar-refractivity contribution is -0.119. The fraction of sp³-hybridized carbons (Fsp3) is 0.100. The molecule has 0 saturated carbocycles. The van der Waals surface area contributed by atoms with Gasteiger partial charge >= 0.3 is 5.97 Å². The van der Waals surface area contributed by atoms with E-state index in [0.717, 1.165) is 16.3 Å². The number of hydrogen-bond donors (Lipinski definition) is 2. The molecule has 0 aliphatic rings. The quantitative estimate of drug-likeness (QED) is 0.714. The third kappa shape index (κ3) is 3.77. The van der Waals surface area contributed by atoms with Gasteiger partial charge in [0.25, 0.3) is 5.91 Å². The SMILES string of the molecule is Cc1ccc(C(=O)OCC(=O)Nc2cccc3ccccc23)c(O)c1. The van der Waals surface area contributed by atoms with E-state index in [1.807, 2.05) is 36.4 Å². The van der Waals surface area contributed by atoms with Crippen LogP contribution < -0.4 is 5.32 Å². The highest BCUT2D eigenvalue weighted by molar-refractivity contribution is 6.03. The van der Waals surface area contributed by atoms with E-state index in [0.29, 0.717) is 5.69 Å². The number of carbonyl (C=O) groups is 2. The number of carbonyl (C=O) groups excluding carboxylic acids is 2. The predicted molar refractivity (Wildman–Crippen MR) is 95.7 cm³/mol. The van der Waals surface area contributed by atoms with Crippen molar-refractivity contribution in [2.75, 3.05) is 11.9 Å². The minimum atomic E-state index is -0.745. The van der Waals surface area contributed by atoms with Crippen LogP contribution in [0.15, 0.2) is 60.7 Å². The van der Waals surface area contributed by atoms with Gasteiger partial charge in [-0.25, -0.2) is 4.79 Å². The number of aromatic hydroxyl groups is 1. The van der Waals surface area contributed by atoms with Gasteiger partial charge in [0.2, 0.25) is 0 Å². The molecule has 0 saturated heterocycles. The highest BCUT2D eigenvalue weighted by Gasteiger charge is 2.15. The third-order valence-corrected chi connectivity index (χ3v) is 3.77. The molecular weight excluding hydrogens is 318 g/mol. The lowest BCUT2D eigenvalue weighted by Crippen LogP contribution is -2.21. The molecule has 5 heteroatoms. The summed E-state index contributed by atoms with van der Waals surface area (Å²) < 4.78 is 4.98. The van der Waals surface area contributed by atoms with Gasteiger partial charge in [-0.1, -0.05) is 42.5 Å². The van der Waals surface area contributed by atoms with Crippen LogP contribution in [0.25, 0.3) is 10.8 Å². The third-order valence-electron chi connectivity index (χ3n) is 3.77. The number of rotatable bonds is 4. The van der Waals surface area contributed by atoms with Crippen molar-refractivity contribution in [2.24, 2.45) is 0 Å². The average molecular weight is 335 g/mol. The zero-order chi connectivity index (χ0) is 17.8. The molecule has 0 bridgehead atoms. The molecule has 0 spiro atoms. The van der Waals surface area contributed by atoms with E-state index in [9.17, 15) is 14.7 Å². The first-order valence-electron chi connectivity index (χ1n) is 7.79. The van der Waals surface area contributed by atoms with Crippen LogP contribution in [0.2, 0.25) is 0 Å². The molecule has 0 unspecified atom stereocenters. The van der Waals surface area contributed by atoms with Gasteiger partial charge in [-0.2, -0.15) is 0 Å². The first-order valence-corrected chi connectivity index (χ1v) is 7.79. The summed E-state index contributed by atoms with van der Waals surface area (Å²) in [5.74, 6) is -1.36. The zero-order valence-corrected chi connectivity index (χ0v) is 13.7. The molecule has 126 valence electrons. The number of hydrogen-bond acceptors (Lipinski definition) is 4. The molecule has 25 heavy (non-hydrogen) atoms. The van der Waals surface area contributed by atoms with Crippen LogP contribution in [0, 0.1) is 6.92 Å². The highest BCUT2D eigenvalue weighted by atomic mass is 16.5. The van der Waals surface area contributed by atoms with E-state index in [-0.39, 0.29) is 11.3 Å². The predicted octanol–water partition coefficient (Wildman–Crippen LogP) is 3.65. The first-order chi connectivity index (χ1) is 12.0.